The second kappa shape index (κ2) is 19.9. The standard InChI is InChI=1S/C10H20O2.C8H16O2/c1-3-5-6-7-8-9-10(11)12-4-2;1-3-5-6-7-8(9)10-4-2/h3-9H2,1-2H3;3-7H2,1-2H3. The lowest BCUT2D eigenvalue weighted by molar-refractivity contribution is -0.144. The Morgan fingerprint density at radius 3 is 1.36 bits per heavy atom. The van der Waals surface area contributed by atoms with Crippen LogP contribution in [0.4, 0.5) is 0 Å². The minimum Gasteiger partial charge on any atom is -0.466 e. The molecular formula is C18H36O4. The first kappa shape index (κ1) is 23.2. The van der Waals surface area contributed by atoms with Crippen molar-refractivity contribution in [1.82, 2.24) is 0 Å². The molecule has 0 aliphatic carbocycles. The summed E-state index contributed by atoms with van der Waals surface area (Å²) in [6, 6.07) is 0. The van der Waals surface area contributed by atoms with Crippen molar-refractivity contribution in [2.75, 3.05) is 13.2 Å². The van der Waals surface area contributed by atoms with E-state index in [1.807, 2.05) is 13.8 Å². The Morgan fingerprint density at radius 2 is 0.955 bits per heavy atom. The summed E-state index contributed by atoms with van der Waals surface area (Å²) in [6.45, 7) is 8.99. The van der Waals surface area contributed by atoms with Crippen LogP contribution in [0, 0.1) is 0 Å². The monoisotopic (exact) mass is 316 g/mol. The Labute approximate surface area is 136 Å². The van der Waals surface area contributed by atoms with Gasteiger partial charge in [0.05, 0.1) is 13.2 Å². The van der Waals surface area contributed by atoms with Gasteiger partial charge in [0.2, 0.25) is 0 Å². The van der Waals surface area contributed by atoms with Gasteiger partial charge in [0, 0.05) is 12.8 Å². The van der Waals surface area contributed by atoms with Crippen LogP contribution in [0.3, 0.4) is 0 Å². The van der Waals surface area contributed by atoms with Crippen molar-refractivity contribution in [3.8, 4) is 0 Å². The van der Waals surface area contributed by atoms with E-state index in [4.69, 9.17) is 9.47 Å². The fraction of sp³-hybridized carbons (Fsp3) is 0.889. The zero-order valence-electron chi connectivity index (χ0n) is 15.1. The first-order valence-electron chi connectivity index (χ1n) is 8.93. The smallest absolute Gasteiger partial charge is 0.305 e. The first-order chi connectivity index (χ1) is 10.6. The van der Waals surface area contributed by atoms with Gasteiger partial charge in [-0.15, -0.1) is 0 Å². The molecule has 0 aromatic heterocycles. The molecule has 0 N–H and O–H groups in total. The Hall–Kier alpha value is -1.06. The normalized spacial score (nSPS) is 9.64. The van der Waals surface area contributed by atoms with E-state index in [2.05, 4.69) is 13.8 Å². The van der Waals surface area contributed by atoms with Gasteiger partial charge in [0.15, 0.2) is 0 Å². The number of hydrogen-bond acceptors (Lipinski definition) is 4. The molecule has 0 radical (unpaired) electrons. The van der Waals surface area contributed by atoms with Gasteiger partial charge in [-0.1, -0.05) is 52.4 Å². The summed E-state index contributed by atoms with van der Waals surface area (Å²) in [5, 5.41) is 0. The summed E-state index contributed by atoms with van der Waals surface area (Å²) in [5.41, 5.74) is 0. The summed E-state index contributed by atoms with van der Waals surface area (Å²) < 4.78 is 9.56. The zero-order valence-corrected chi connectivity index (χ0v) is 15.1. The molecule has 4 nitrogen and oxygen atoms in total. The number of carbonyl (C=O) groups is 2. The van der Waals surface area contributed by atoms with Crippen molar-refractivity contribution in [1.29, 1.82) is 0 Å². The van der Waals surface area contributed by atoms with Gasteiger partial charge >= 0.3 is 11.9 Å². The maximum Gasteiger partial charge on any atom is 0.305 e. The number of carbonyl (C=O) groups excluding carboxylic acids is 2. The lowest BCUT2D eigenvalue weighted by Crippen LogP contribution is -2.02. The predicted octanol–water partition coefficient (Wildman–Crippen LogP) is 5.04. The van der Waals surface area contributed by atoms with E-state index in [-0.39, 0.29) is 11.9 Å². The second-order valence-electron chi connectivity index (χ2n) is 5.23. The Morgan fingerprint density at radius 1 is 0.591 bits per heavy atom. The van der Waals surface area contributed by atoms with Gasteiger partial charge in [-0.2, -0.15) is 0 Å². The highest BCUT2D eigenvalue weighted by Crippen LogP contribution is 2.05. The number of esters is 2. The van der Waals surface area contributed by atoms with Crippen LogP contribution in [0.5, 0.6) is 0 Å². The quantitative estimate of drug-likeness (QED) is 0.374. The average molecular weight is 316 g/mol. The molecule has 4 heteroatoms. The number of hydrogen-bond donors (Lipinski definition) is 0. The topological polar surface area (TPSA) is 52.6 Å². The Bertz CT molecular complexity index is 251. The molecule has 0 spiro atoms. The van der Waals surface area contributed by atoms with Crippen LogP contribution >= 0.6 is 0 Å². The fourth-order valence-corrected chi connectivity index (χ4v) is 1.86. The maximum absolute atomic E-state index is 10.9. The molecule has 0 aromatic carbocycles. The second-order valence-corrected chi connectivity index (χ2v) is 5.23. The van der Waals surface area contributed by atoms with Gasteiger partial charge in [0.1, 0.15) is 0 Å². The molecule has 0 aliphatic rings. The van der Waals surface area contributed by atoms with Crippen LogP contribution in [0.15, 0.2) is 0 Å². The SMILES string of the molecule is CCCCCC(=O)OCC.CCCCCCCC(=O)OCC. The third-order valence-corrected chi connectivity index (χ3v) is 3.08. The van der Waals surface area contributed by atoms with E-state index >= 15 is 0 Å². The van der Waals surface area contributed by atoms with Crippen LogP contribution in [0.2, 0.25) is 0 Å². The van der Waals surface area contributed by atoms with Crippen molar-refractivity contribution in [3.05, 3.63) is 0 Å². The molecule has 0 aromatic rings. The van der Waals surface area contributed by atoms with Crippen LogP contribution in [-0.2, 0) is 19.1 Å². The van der Waals surface area contributed by atoms with Gasteiger partial charge in [-0.25, -0.2) is 0 Å². The number of rotatable bonds is 12. The van der Waals surface area contributed by atoms with Crippen molar-refractivity contribution < 1.29 is 19.1 Å². The number of ether oxygens (including phenoxy) is 2. The highest BCUT2D eigenvalue weighted by molar-refractivity contribution is 5.69. The van der Waals surface area contributed by atoms with Crippen LogP contribution in [-0.4, -0.2) is 25.2 Å². The summed E-state index contributed by atoms with van der Waals surface area (Å²) in [4.78, 5) is 21.5. The van der Waals surface area contributed by atoms with Gasteiger partial charge in [0.25, 0.3) is 0 Å². The van der Waals surface area contributed by atoms with Crippen LogP contribution in [0.25, 0.3) is 0 Å². The molecular weight excluding hydrogens is 280 g/mol. The zero-order chi connectivity index (χ0) is 17.1. The summed E-state index contributed by atoms with van der Waals surface area (Å²) >= 11 is 0. The molecule has 0 heterocycles. The third kappa shape index (κ3) is 21.2. The van der Waals surface area contributed by atoms with E-state index < -0.39 is 0 Å². The van der Waals surface area contributed by atoms with Crippen molar-refractivity contribution >= 4 is 11.9 Å². The highest BCUT2D eigenvalue weighted by atomic mass is 16.5. The molecule has 0 atom stereocenters. The van der Waals surface area contributed by atoms with Gasteiger partial charge < -0.3 is 9.47 Å². The van der Waals surface area contributed by atoms with E-state index in [1.165, 1.54) is 19.3 Å². The molecule has 132 valence electrons. The van der Waals surface area contributed by atoms with Crippen molar-refractivity contribution in [2.45, 2.75) is 91.9 Å². The molecule has 0 saturated heterocycles. The van der Waals surface area contributed by atoms with Gasteiger partial charge in [-0.3, -0.25) is 9.59 Å². The summed E-state index contributed by atoms with van der Waals surface area (Å²) in [5.74, 6) is -0.107. The van der Waals surface area contributed by atoms with Crippen molar-refractivity contribution in [2.24, 2.45) is 0 Å². The first-order valence-corrected chi connectivity index (χ1v) is 8.93. The molecule has 0 unspecified atom stereocenters. The van der Waals surface area contributed by atoms with E-state index in [9.17, 15) is 9.59 Å². The molecule has 0 bridgehead atoms. The Kier molecular flexibility index (Phi) is 21.0. The van der Waals surface area contributed by atoms with Gasteiger partial charge in [-0.05, 0) is 26.7 Å². The van der Waals surface area contributed by atoms with Crippen molar-refractivity contribution in [3.63, 3.8) is 0 Å². The highest BCUT2D eigenvalue weighted by Gasteiger charge is 2.00. The van der Waals surface area contributed by atoms with Crippen LogP contribution < -0.4 is 0 Å². The molecule has 0 fully saturated rings. The molecule has 0 aliphatic heterocycles. The lowest BCUT2D eigenvalue weighted by atomic mass is 10.1. The van der Waals surface area contributed by atoms with E-state index in [1.54, 1.807) is 0 Å². The largest absolute Gasteiger partial charge is 0.466 e. The minimum atomic E-state index is -0.0593. The molecule has 22 heavy (non-hydrogen) atoms. The fourth-order valence-electron chi connectivity index (χ4n) is 1.86. The number of unbranched alkanes of at least 4 members (excludes halogenated alkanes) is 6. The third-order valence-electron chi connectivity index (χ3n) is 3.08. The average Bonchev–Trinajstić information content (AvgIpc) is 2.48. The minimum absolute atomic E-state index is 0.0472. The molecule has 0 rings (SSSR count). The summed E-state index contributed by atoms with van der Waals surface area (Å²) in [6.07, 6.45) is 10.3. The lowest BCUT2D eigenvalue weighted by Gasteiger charge is -2.00. The van der Waals surface area contributed by atoms with Crippen LogP contribution in [0.1, 0.15) is 91.9 Å². The van der Waals surface area contributed by atoms with E-state index in [0.29, 0.717) is 26.1 Å². The Balaban J connectivity index is 0. The van der Waals surface area contributed by atoms with E-state index in [0.717, 1.165) is 32.1 Å². The molecule has 0 amide bonds. The predicted molar refractivity (Wildman–Crippen MR) is 90.8 cm³/mol. The maximum atomic E-state index is 10.9. The summed E-state index contributed by atoms with van der Waals surface area (Å²) in [7, 11) is 0. The molecule has 0 saturated carbocycles.